The smallest absolute Gasteiger partial charge is 0.167 e. The van der Waals surface area contributed by atoms with Gasteiger partial charge in [-0.1, -0.05) is 17.0 Å². The van der Waals surface area contributed by atoms with Gasteiger partial charge in [-0.3, -0.25) is 9.88 Å². The average molecular weight is 580 g/mol. The highest BCUT2D eigenvalue weighted by Crippen LogP contribution is 2.51. The summed E-state index contributed by atoms with van der Waals surface area (Å²) in [6.45, 7) is 6.63. The molecule has 222 valence electrons. The maximum atomic E-state index is 9.36. The van der Waals surface area contributed by atoms with E-state index in [1.165, 1.54) is 0 Å². The number of imidazole rings is 1. The third-order valence-electron chi connectivity index (χ3n) is 8.89. The number of aliphatic hydroxyl groups excluding tert-OH is 1. The number of aromatic nitrogens is 4. The van der Waals surface area contributed by atoms with Gasteiger partial charge in [0.1, 0.15) is 17.6 Å². The fourth-order valence-corrected chi connectivity index (χ4v) is 6.44. The number of pyridine rings is 1. The van der Waals surface area contributed by atoms with Crippen LogP contribution in [0.1, 0.15) is 60.6 Å². The van der Waals surface area contributed by atoms with Crippen molar-refractivity contribution in [2.45, 2.75) is 51.7 Å². The number of fused-ring (bicyclic) bond motifs is 1. The van der Waals surface area contributed by atoms with Crippen LogP contribution in [0, 0.1) is 29.6 Å². The Kier molecular flexibility index (Phi) is 8.09. The molecule has 2 saturated heterocycles. The average Bonchev–Trinajstić information content (AvgIpc) is 3.49. The van der Waals surface area contributed by atoms with Crippen molar-refractivity contribution < 1.29 is 19.1 Å². The van der Waals surface area contributed by atoms with Crippen molar-refractivity contribution in [1.29, 1.82) is 0 Å². The van der Waals surface area contributed by atoms with Crippen molar-refractivity contribution in [2.24, 2.45) is 17.8 Å². The second-order valence-electron chi connectivity index (χ2n) is 11.9. The number of likely N-dealkylation sites (tertiary alicyclic amines) is 1. The van der Waals surface area contributed by atoms with Gasteiger partial charge in [-0.15, -0.1) is 0 Å². The van der Waals surface area contributed by atoms with E-state index in [-0.39, 0.29) is 12.4 Å². The minimum Gasteiger partial charge on any atom is -0.396 e. The first kappa shape index (κ1) is 28.0. The van der Waals surface area contributed by atoms with E-state index in [1.807, 2.05) is 60.3 Å². The van der Waals surface area contributed by atoms with Crippen LogP contribution in [0.25, 0.3) is 11.3 Å². The van der Waals surface area contributed by atoms with E-state index in [9.17, 15) is 5.11 Å². The van der Waals surface area contributed by atoms with Crippen LogP contribution in [0.15, 0.2) is 65.6 Å². The molecular weight excluding hydrogens is 542 g/mol. The lowest BCUT2D eigenvalue weighted by Gasteiger charge is -2.26. The number of aliphatic hydroxyl groups is 1. The number of ether oxygens (including phenoxy) is 2. The molecule has 7 rings (SSSR count). The molecule has 9 heteroatoms. The van der Waals surface area contributed by atoms with Crippen LogP contribution in [0.5, 0.6) is 0 Å². The van der Waals surface area contributed by atoms with Crippen LogP contribution < -0.4 is 0 Å². The molecule has 3 fully saturated rings. The van der Waals surface area contributed by atoms with Gasteiger partial charge >= 0.3 is 0 Å². The standard InChI is InChI=1S/C34H37N5O4/c1-23(42-33-4-2-3-15-41-33)34-35-13-14-39(34)19-28-16-32(43-37-28)26-10-7-24(8-11-26)5-6-25-9-12-27(36-17-25)18-38-20-29-30(21-38)31(29)22-40/h7-14,16-17,23,29-31,33,40H,2-4,15,18-22H2,1H3/t23-,29?,30?,31?,33?/m0/s1. The Balaban J connectivity index is 0.930. The Bertz CT molecular complexity index is 1570. The maximum Gasteiger partial charge on any atom is 0.167 e. The van der Waals surface area contributed by atoms with Crippen LogP contribution >= 0.6 is 0 Å². The Hall–Kier alpha value is -3.81. The van der Waals surface area contributed by atoms with Crippen LogP contribution in [0.2, 0.25) is 0 Å². The molecular formula is C34H37N5O4. The quantitative estimate of drug-likeness (QED) is 0.286. The second-order valence-corrected chi connectivity index (χ2v) is 11.9. The van der Waals surface area contributed by atoms with Gasteiger partial charge in [0.25, 0.3) is 0 Å². The van der Waals surface area contributed by atoms with Crippen molar-refractivity contribution in [1.82, 2.24) is 24.6 Å². The molecule has 0 radical (unpaired) electrons. The molecule has 2 aliphatic heterocycles. The van der Waals surface area contributed by atoms with Crippen LogP contribution in [0.4, 0.5) is 0 Å². The normalized spacial score (nSPS) is 23.9. The third kappa shape index (κ3) is 6.43. The number of nitrogens with zero attached hydrogens (tertiary/aromatic N) is 5. The molecule has 3 unspecified atom stereocenters. The molecule has 1 aromatic carbocycles. The summed E-state index contributed by atoms with van der Waals surface area (Å²) in [6, 6.07) is 14.0. The van der Waals surface area contributed by atoms with Crippen LogP contribution in [0.3, 0.4) is 0 Å². The molecule has 3 aliphatic rings. The summed E-state index contributed by atoms with van der Waals surface area (Å²) < 4.78 is 19.6. The van der Waals surface area contributed by atoms with Crippen LogP contribution in [-0.4, -0.2) is 62.3 Å². The van der Waals surface area contributed by atoms with Crippen molar-refractivity contribution in [3.05, 3.63) is 89.4 Å². The lowest BCUT2D eigenvalue weighted by Crippen LogP contribution is -2.25. The van der Waals surface area contributed by atoms with Gasteiger partial charge in [-0.2, -0.15) is 0 Å². The lowest BCUT2D eigenvalue weighted by atomic mass is 10.1. The molecule has 4 aromatic rings. The summed E-state index contributed by atoms with van der Waals surface area (Å²) >= 11 is 0. The van der Waals surface area contributed by atoms with E-state index < -0.39 is 0 Å². The predicted molar refractivity (Wildman–Crippen MR) is 159 cm³/mol. The summed E-state index contributed by atoms with van der Waals surface area (Å²) in [5, 5.41) is 13.7. The zero-order chi connectivity index (χ0) is 29.2. The first-order valence-corrected chi connectivity index (χ1v) is 15.3. The zero-order valence-corrected chi connectivity index (χ0v) is 24.4. The number of rotatable bonds is 9. The second kappa shape index (κ2) is 12.4. The minimum absolute atomic E-state index is 0.171. The fraction of sp³-hybridized carbons (Fsp3) is 0.441. The first-order chi connectivity index (χ1) is 21.1. The molecule has 0 amide bonds. The number of benzene rings is 1. The highest BCUT2D eigenvalue weighted by atomic mass is 16.7. The molecule has 0 bridgehead atoms. The van der Waals surface area contributed by atoms with Gasteiger partial charge < -0.3 is 23.7 Å². The minimum atomic E-state index is -0.187. The fourth-order valence-electron chi connectivity index (χ4n) is 6.44. The molecule has 1 saturated carbocycles. The number of hydrogen-bond acceptors (Lipinski definition) is 8. The zero-order valence-electron chi connectivity index (χ0n) is 24.4. The molecule has 0 spiro atoms. The van der Waals surface area contributed by atoms with E-state index in [0.29, 0.717) is 36.7 Å². The number of piperidine rings is 1. The molecule has 43 heavy (non-hydrogen) atoms. The van der Waals surface area contributed by atoms with Gasteiger partial charge in [0, 0.05) is 74.2 Å². The Morgan fingerprint density at radius 1 is 1.00 bits per heavy atom. The summed E-state index contributed by atoms with van der Waals surface area (Å²) in [5.41, 5.74) is 4.62. The SMILES string of the molecule is C[C@H](OC1CCCCO1)c1nccn1Cc1cc(-c2ccc(C#Cc3ccc(CN4CC5C(CO)C5C4)nc3)cc2)on1. The maximum absolute atomic E-state index is 9.36. The summed E-state index contributed by atoms with van der Waals surface area (Å²) in [7, 11) is 0. The van der Waals surface area contributed by atoms with E-state index in [4.69, 9.17) is 14.0 Å². The summed E-state index contributed by atoms with van der Waals surface area (Å²) in [4.78, 5) is 11.6. The summed E-state index contributed by atoms with van der Waals surface area (Å²) in [5.74, 6) is 9.89. The van der Waals surface area contributed by atoms with Crippen molar-refractivity contribution >= 4 is 0 Å². The molecule has 9 nitrogen and oxygen atoms in total. The first-order valence-electron chi connectivity index (χ1n) is 15.3. The highest BCUT2D eigenvalue weighted by Gasteiger charge is 2.54. The molecule has 1 aliphatic carbocycles. The Morgan fingerprint density at radius 2 is 1.81 bits per heavy atom. The highest BCUT2D eigenvalue weighted by molar-refractivity contribution is 5.59. The molecule has 1 N–H and O–H groups in total. The van der Waals surface area contributed by atoms with E-state index in [0.717, 1.165) is 79.4 Å². The predicted octanol–water partition coefficient (Wildman–Crippen LogP) is 4.66. The monoisotopic (exact) mass is 579 g/mol. The van der Waals surface area contributed by atoms with Gasteiger partial charge in [-0.05, 0) is 80.3 Å². The van der Waals surface area contributed by atoms with Gasteiger partial charge in [0.15, 0.2) is 12.1 Å². The third-order valence-corrected chi connectivity index (χ3v) is 8.89. The van der Waals surface area contributed by atoms with E-state index >= 15 is 0 Å². The topological polar surface area (TPSA) is 98.7 Å². The van der Waals surface area contributed by atoms with Crippen molar-refractivity contribution in [3.8, 4) is 23.2 Å². The number of hydrogen-bond donors (Lipinski definition) is 1. The lowest BCUT2D eigenvalue weighted by molar-refractivity contribution is -0.188. The molecule has 4 atom stereocenters. The Morgan fingerprint density at radius 3 is 2.56 bits per heavy atom. The van der Waals surface area contributed by atoms with E-state index in [1.54, 1.807) is 6.20 Å². The van der Waals surface area contributed by atoms with Crippen molar-refractivity contribution in [3.63, 3.8) is 0 Å². The van der Waals surface area contributed by atoms with Crippen molar-refractivity contribution in [2.75, 3.05) is 26.3 Å². The molecule has 5 heterocycles. The summed E-state index contributed by atoms with van der Waals surface area (Å²) in [6.07, 6.45) is 8.35. The van der Waals surface area contributed by atoms with Crippen LogP contribution in [-0.2, 0) is 22.6 Å². The van der Waals surface area contributed by atoms with E-state index in [2.05, 4.69) is 37.9 Å². The van der Waals surface area contributed by atoms with Gasteiger partial charge in [0.05, 0.1) is 12.2 Å². The van der Waals surface area contributed by atoms with Gasteiger partial charge in [-0.25, -0.2) is 4.98 Å². The Labute approximate surface area is 251 Å². The van der Waals surface area contributed by atoms with Gasteiger partial charge in [0.2, 0.25) is 0 Å². The largest absolute Gasteiger partial charge is 0.396 e. The molecule has 3 aromatic heterocycles.